The van der Waals surface area contributed by atoms with Gasteiger partial charge in [-0.1, -0.05) is 30.0 Å². The Labute approximate surface area is 150 Å². The van der Waals surface area contributed by atoms with E-state index in [4.69, 9.17) is 0 Å². The van der Waals surface area contributed by atoms with Gasteiger partial charge in [-0.2, -0.15) is 0 Å². The monoisotopic (exact) mass is 353 g/mol. The highest BCUT2D eigenvalue weighted by Gasteiger charge is 2.20. The van der Waals surface area contributed by atoms with Crippen molar-refractivity contribution in [1.29, 1.82) is 0 Å². The summed E-state index contributed by atoms with van der Waals surface area (Å²) in [5.74, 6) is 0.693. The van der Waals surface area contributed by atoms with Gasteiger partial charge in [-0.25, -0.2) is 0 Å². The quantitative estimate of drug-likeness (QED) is 0.687. The minimum atomic E-state index is -0.295. The van der Waals surface area contributed by atoms with Gasteiger partial charge in [0.2, 0.25) is 5.91 Å². The molecule has 0 aliphatic rings. The summed E-state index contributed by atoms with van der Waals surface area (Å²) in [4.78, 5) is 16.5. The maximum Gasteiger partial charge on any atom is 0.237 e. The molecule has 3 rings (SSSR count). The number of thioether (sulfide) groups is 1. The number of benzene rings is 1. The Morgan fingerprint density at radius 2 is 2.00 bits per heavy atom. The molecule has 0 spiro atoms. The zero-order valence-corrected chi connectivity index (χ0v) is 14.9. The summed E-state index contributed by atoms with van der Waals surface area (Å²) in [6.45, 7) is 4.61. The van der Waals surface area contributed by atoms with Crippen molar-refractivity contribution in [3.8, 4) is 11.4 Å². The average molecular weight is 353 g/mol. The number of aromatic nitrogens is 4. The third-order valence-electron chi connectivity index (χ3n) is 3.65. The molecule has 6 nitrogen and oxygen atoms in total. The lowest BCUT2D eigenvalue weighted by atomic mass is 10.3. The van der Waals surface area contributed by atoms with Crippen LogP contribution in [0.25, 0.3) is 11.4 Å². The van der Waals surface area contributed by atoms with Crippen molar-refractivity contribution < 1.29 is 4.79 Å². The second-order valence-corrected chi connectivity index (χ2v) is 6.72. The standard InChI is InChI=1S/C18H19N5OS/c1-3-23-16(14-8-7-11-19-12-14)21-22-18(23)25-13(2)17(24)20-15-9-5-4-6-10-15/h4-13H,3H2,1-2H3,(H,20,24). The zero-order chi connectivity index (χ0) is 17.6. The lowest BCUT2D eigenvalue weighted by Crippen LogP contribution is -2.22. The second-order valence-electron chi connectivity index (χ2n) is 5.41. The highest BCUT2D eigenvalue weighted by Crippen LogP contribution is 2.27. The number of hydrogen-bond donors (Lipinski definition) is 1. The number of anilines is 1. The van der Waals surface area contributed by atoms with Crippen molar-refractivity contribution in [2.75, 3.05) is 5.32 Å². The summed E-state index contributed by atoms with van der Waals surface area (Å²) in [5.41, 5.74) is 1.69. The van der Waals surface area contributed by atoms with Gasteiger partial charge < -0.3 is 9.88 Å². The van der Waals surface area contributed by atoms with Gasteiger partial charge >= 0.3 is 0 Å². The molecule has 1 atom stereocenters. The average Bonchev–Trinajstić information content (AvgIpc) is 3.05. The first-order chi connectivity index (χ1) is 12.2. The Morgan fingerprint density at radius 3 is 2.68 bits per heavy atom. The molecule has 7 heteroatoms. The Bertz CT molecular complexity index is 835. The van der Waals surface area contributed by atoms with Crippen LogP contribution >= 0.6 is 11.8 Å². The summed E-state index contributed by atoms with van der Waals surface area (Å²) in [6.07, 6.45) is 3.48. The molecule has 0 aliphatic heterocycles. The molecule has 0 aliphatic carbocycles. The SMILES string of the molecule is CCn1c(SC(C)C(=O)Nc2ccccc2)nnc1-c1cccnc1. The predicted molar refractivity (Wildman–Crippen MR) is 99.3 cm³/mol. The molecule has 0 bridgehead atoms. The van der Waals surface area contributed by atoms with Crippen LogP contribution in [0.3, 0.4) is 0 Å². The Kier molecular flexibility index (Phi) is 5.45. The molecule has 1 aromatic carbocycles. The second kappa shape index (κ2) is 7.94. The van der Waals surface area contributed by atoms with Gasteiger partial charge in [-0.3, -0.25) is 9.78 Å². The minimum Gasteiger partial charge on any atom is -0.325 e. The highest BCUT2D eigenvalue weighted by atomic mass is 32.2. The number of carbonyl (C=O) groups is 1. The van der Waals surface area contributed by atoms with Crippen molar-refractivity contribution in [1.82, 2.24) is 19.7 Å². The normalized spacial score (nSPS) is 11.9. The predicted octanol–water partition coefficient (Wildman–Crippen LogP) is 3.48. The first-order valence-electron chi connectivity index (χ1n) is 8.05. The number of nitrogens with one attached hydrogen (secondary N) is 1. The fraction of sp³-hybridized carbons (Fsp3) is 0.222. The molecule has 1 amide bonds. The summed E-state index contributed by atoms with van der Waals surface area (Å²) in [6, 6.07) is 13.2. The molecule has 1 unspecified atom stereocenters. The minimum absolute atomic E-state index is 0.0650. The fourth-order valence-corrected chi connectivity index (χ4v) is 3.26. The molecule has 128 valence electrons. The number of pyridine rings is 1. The number of para-hydroxylation sites is 1. The van der Waals surface area contributed by atoms with Crippen molar-refractivity contribution in [3.63, 3.8) is 0 Å². The third kappa shape index (κ3) is 4.06. The molecule has 2 heterocycles. The number of carbonyl (C=O) groups excluding carboxylic acids is 1. The first kappa shape index (κ1) is 17.2. The van der Waals surface area contributed by atoms with Crippen LogP contribution in [0, 0.1) is 0 Å². The number of hydrogen-bond acceptors (Lipinski definition) is 5. The van der Waals surface area contributed by atoms with Crippen molar-refractivity contribution in [3.05, 3.63) is 54.9 Å². The van der Waals surface area contributed by atoms with Crippen molar-refractivity contribution in [2.24, 2.45) is 0 Å². The third-order valence-corrected chi connectivity index (χ3v) is 4.73. The maximum absolute atomic E-state index is 12.4. The van der Waals surface area contributed by atoms with E-state index in [1.54, 1.807) is 12.4 Å². The molecule has 2 aromatic heterocycles. The summed E-state index contributed by atoms with van der Waals surface area (Å²) in [7, 11) is 0. The van der Waals surface area contributed by atoms with Gasteiger partial charge in [0.05, 0.1) is 5.25 Å². The smallest absolute Gasteiger partial charge is 0.237 e. The summed E-state index contributed by atoms with van der Waals surface area (Å²) >= 11 is 1.39. The van der Waals surface area contributed by atoms with E-state index in [-0.39, 0.29) is 11.2 Å². The molecule has 1 N–H and O–H groups in total. The van der Waals surface area contributed by atoms with E-state index in [0.29, 0.717) is 6.54 Å². The Balaban J connectivity index is 1.74. The van der Waals surface area contributed by atoms with E-state index in [0.717, 1.165) is 22.2 Å². The van der Waals surface area contributed by atoms with Crippen LogP contribution in [-0.2, 0) is 11.3 Å². The van der Waals surface area contributed by atoms with Gasteiger partial charge in [0, 0.05) is 30.2 Å². The van der Waals surface area contributed by atoms with Gasteiger partial charge in [-0.05, 0) is 38.1 Å². The van der Waals surface area contributed by atoms with Crippen LogP contribution in [0.4, 0.5) is 5.69 Å². The topological polar surface area (TPSA) is 72.7 Å². The molecular formula is C18H19N5OS. The van der Waals surface area contributed by atoms with Gasteiger partial charge in [0.25, 0.3) is 0 Å². The number of nitrogens with zero attached hydrogens (tertiary/aromatic N) is 4. The lowest BCUT2D eigenvalue weighted by Gasteiger charge is -2.12. The first-order valence-corrected chi connectivity index (χ1v) is 8.93. The van der Waals surface area contributed by atoms with E-state index in [1.165, 1.54) is 11.8 Å². The van der Waals surface area contributed by atoms with E-state index < -0.39 is 0 Å². The molecule has 0 fully saturated rings. The van der Waals surface area contributed by atoms with Crippen LogP contribution in [0.2, 0.25) is 0 Å². The van der Waals surface area contributed by atoms with E-state index in [9.17, 15) is 4.79 Å². The molecular weight excluding hydrogens is 334 g/mol. The van der Waals surface area contributed by atoms with Crippen LogP contribution in [0.5, 0.6) is 0 Å². The van der Waals surface area contributed by atoms with Gasteiger partial charge in [0.1, 0.15) is 0 Å². The Morgan fingerprint density at radius 1 is 1.20 bits per heavy atom. The summed E-state index contributed by atoms with van der Waals surface area (Å²) < 4.78 is 1.99. The van der Waals surface area contributed by atoms with Crippen molar-refractivity contribution >= 4 is 23.4 Å². The molecule has 0 saturated carbocycles. The van der Waals surface area contributed by atoms with Crippen molar-refractivity contribution in [2.45, 2.75) is 30.8 Å². The number of rotatable bonds is 6. The maximum atomic E-state index is 12.4. The molecule has 0 radical (unpaired) electrons. The molecule has 25 heavy (non-hydrogen) atoms. The van der Waals surface area contributed by atoms with E-state index in [2.05, 4.69) is 20.5 Å². The van der Waals surface area contributed by atoms with Crippen LogP contribution < -0.4 is 5.32 Å². The largest absolute Gasteiger partial charge is 0.325 e. The Hall–Kier alpha value is -2.67. The van der Waals surface area contributed by atoms with Crippen LogP contribution in [0.15, 0.2) is 60.0 Å². The highest BCUT2D eigenvalue weighted by molar-refractivity contribution is 8.00. The fourth-order valence-electron chi connectivity index (χ4n) is 2.35. The van der Waals surface area contributed by atoms with Crippen LogP contribution in [0.1, 0.15) is 13.8 Å². The van der Waals surface area contributed by atoms with Gasteiger partial charge in [-0.15, -0.1) is 10.2 Å². The lowest BCUT2D eigenvalue weighted by molar-refractivity contribution is -0.115. The summed E-state index contributed by atoms with van der Waals surface area (Å²) in [5, 5.41) is 11.9. The van der Waals surface area contributed by atoms with Gasteiger partial charge in [0.15, 0.2) is 11.0 Å². The van der Waals surface area contributed by atoms with E-state index >= 15 is 0 Å². The molecule has 3 aromatic rings. The van der Waals surface area contributed by atoms with E-state index in [1.807, 2.05) is 60.9 Å². The molecule has 0 saturated heterocycles. The van der Waals surface area contributed by atoms with Crippen LogP contribution in [-0.4, -0.2) is 30.9 Å². The zero-order valence-electron chi connectivity index (χ0n) is 14.1. The number of amides is 1.